The molecule has 6 heteroatoms. The van der Waals surface area contributed by atoms with Crippen LogP contribution < -0.4 is 10.6 Å². The van der Waals surface area contributed by atoms with Gasteiger partial charge in [0.2, 0.25) is 0 Å². The fourth-order valence-electron chi connectivity index (χ4n) is 2.18. The van der Waals surface area contributed by atoms with Crippen LogP contribution in [0.15, 0.2) is 54.9 Å². The summed E-state index contributed by atoms with van der Waals surface area (Å²) in [6.07, 6.45) is 3.70. The van der Waals surface area contributed by atoms with Crippen LogP contribution in [0.5, 0.6) is 0 Å². The van der Waals surface area contributed by atoms with E-state index in [2.05, 4.69) is 15.6 Å². The van der Waals surface area contributed by atoms with Crippen LogP contribution >= 0.6 is 11.6 Å². The molecule has 0 fully saturated rings. The number of aromatic nitrogens is 2. The monoisotopic (exact) mass is 314 g/mol. The Bertz CT molecular complexity index is 799. The van der Waals surface area contributed by atoms with Crippen LogP contribution in [0.4, 0.5) is 4.79 Å². The zero-order valence-corrected chi connectivity index (χ0v) is 12.5. The molecule has 0 bridgehead atoms. The van der Waals surface area contributed by atoms with E-state index in [0.29, 0.717) is 18.1 Å². The summed E-state index contributed by atoms with van der Waals surface area (Å²) in [4.78, 5) is 16.1. The Kier molecular flexibility index (Phi) is 4.25. The van der Waals surface area contributed by atoms with Crippen molar-refractivity contribution in [3.63, 3.8) is 0 Å². The number of carbonyl (C=O) groups excluding carboxylic acids is 1. The second kappa shape index (κ2) is 6.49. The molecule has 1 aromatic carbocycles. The summed E-state index contributed by atoms with van der Waals surface area (Å²) < 4.78 is 1.94. The molecule has 112 valence electrons. The molecule has 22 heavy (non-hydrogen) atoms. The first-order valence-corrected chi connectivity index (χ1v) is 7.27. The summed E-state index contributed by atoms with van der Waals surface area (Å²) in [6, 6.07) is 13.0. The first-order valence-electron chi connectivity index (χ1n) is 6.89. The maximum atomic E-state index is 11.8. The van der Waals surface area contributed by atoms with E-state index in [1.807, 2.05) is 47.0 Å². The standard InChI is InChI=1S/C16H15ClN4O/c17-13-5-3-4-12(8-13)9-19-16(22)20-11-15-18-10-14-6-1-2-7-21(14)15/h1-8,10H,9,11H2,(H2,19,20,22). The summed E-state index contributed by atoms with van der Waals surface area (Å²) in [6.45, 7) is 0.786. The molecule has 0 unspecified atom stereocenters. The van der Waals surface area contributed by atoms with Gasteiger partial charge in [0.15, 0.2) is 0 Å². The lowest BCUT2D eigenvalue weighted by atomic mass is 10.2. The zero-order valence-electron chi connectivity index (χ0n) is 11.8. The van der Waals surface area contributed by atoms with E-state index >= 15 is 0 Å². The van der Waals surface area contributed by atoms with Crippen LogP contribution in [0.3, 0.4) is 0 Å². The minimum atomic E-state index is -0.243. The highest BCUT2D eigenvalue weighted by Crippen LogP contribution is 2.10. The Morgan fingerprint density at radius 2 is 2.00 bits per heavy atom. The lowest BCUT2D eigenvalue weighted by Crippen LogP contribution is -2.35. The van der Waals surface area contributed by atoms with Gasteiger partial charge in [-0.2, -0.15) is 0 Å². The van der Waals surface area contributed by atoms with Gasteiger partial charge in [-0.3, -0.25) is 0 Å². The molecule has 0 aliphatic heterocycles. The van der Waals surface area contributed by atoms with Gasteiger partial charge in [0.05, 0.1) is 18.3 Å². The number of nitrogens with zero attached hydrogens (tertiary/aromatic N) is 2. The molecule has 2 aromatic heterocycles. The number of pyridine rings is 1. The molecule has 0 radical (unpaired) electrons. The summed E-state index contributed by atoms with van der Waals surface area (Å²) in [5.74, 6) is 0.786. The minimum Gasteiger partial charge on any atom is -0.334 e. The third-order valence-electron chi connectivity index (χ3n) is 3.26. The van der Waals surface area contributed by atoms with Crippen molar-refractivity contribution in [3.8, 4) is 0 Å². The molecule has 0 atom stereocenters. The average Bonchev–Trinajstić information content (AvgIpc) is 2.94. The van der Waals surface area contributed by atoms with Crippen LogP contribution in [-0.4, -0.2) is 15.4 Å². The first kappa shape index (κ1) is 14.4. The predicted molar refractivity (Wildman–Crippen MR) is 85.7 cm³/mol. The van der Waals surface area contributed by atoms with E-state index in [4.69, 9.17) is 11.6 Å². The third kappa shape index (κ3) is 3.38. The molecule has 2 amide bonds. The van der Waals surface area contributed by atoms with Crippen molar-refractivity contribution in [2.24, 2.45) is 0 Å². The van der Waals surface area contributed by atoms with Crippen molar-refractivity contribution in [3.05, 3.63) is 71.3 Å². The lowest BCUT2D eigenvalue weighted by Gasteiger charge is -2.07. The highest BCUT2D eigenvalue weighted by molar-refractivity contribution is 6.30. The number of amides is 2. The summed E-state index contributed by atoms with van der Waals surface area (Å²) in [5.41, 5.74) is 1.95. The second-order valence-electron chi connectivity index (χ2n) is 4.84. The number of hydrogen-bond acceptors (Lipinski definition) is 2. The van der Waals surface area contributed by atoms with Gasteiger partial charge in [0.25, 0.3) is 0 Å². The Morgan fingerprint density at radius 3 is 2.86 bits per heavy atom. The van der Waals surface area contributed by atoms with Gasteiger partial charge in [-0.1, -0.05) is 29.8 Å². The van der Waals surface area contributed by atoms with Crippen LogP contribution in [0.25, 0.3) is 5.52 Å². The molecule has 3 aromatic rings. The number of carbonyl (C=O) groups is 1. The second-order valence-corrected chi connectivity index (χ2v) is 5.27. The fourth-order valence-corrected chi connectivity index (χ4v) is 2.39. The highest BCUT2D eigenvalue weighted by Gasteiger charge is 2.05. The van der Waals surface area contributed by atoms with Gasteiger partial charge >= 0.3 is 6.03 Å². The smallest absolute Gasteiger partial charge is 0.315 e. The number of urea groups is 1. The van der Waals surface area contributed by atoms with E-state index in [0.717, 1.165) is 16.9 Å². The normalized spacial score (nSPS) is 10.6. The van der Waals surface area contributed by atoms with E-state index in [1.54, 1.807) is 12.3 Å². The molecule has 2 heterocycles. The van der Waals surface area contributed by atoms with Crippen LogP contribution in [0.1, 0.15) is 11.4 Å². The average molecular weight is 315 g/mol. The quantitative estimate of drug-likeness (QED) is 0.778. The summed E-state index contributed by atoms with van der Waals surface area (Å²) in [5, 5.41) is 6.24. The van der Waals surface area contributed by atoms with Gasteiger partial charge in [-0.25, -0.2) is 9.78 Å². The molecule has 2 N–H and O–H groups in total. The van der Waals surface area contributed by atoms with Crippen LogP contribution in [-0.2, 0) is 13.1 Å². The maximum absolute atomic E-state index is 11.8. The number of fused-ring (bicyclic) bond motifs is 1. The Labute approximate surface area is 132 Å². The van der Waals surface area contributed by atoms with Gasteiger partial charge in [-0.15, -0.1) is 0 Å². The van der Waals surface area contributed by atoms with Crippen molar-refractivity contribution in [2.45, 2.75) is 13.1 Å². The van der Waals surface area contributed by atoms with Crippen LogP contribution in [0.2, 0.25) is 5.02 Å². The number of halogens is 1. The zero-order chi connectivity index (χ0) is 15.4. The Morgan fingerprint density at radius 1 is 1.14 bits per heavy atom. The maximum Gasteiger partial charge on any atom is 0.315 e. The molecule has 0 spiro atoms. The largest absolute Gasteiger partial charge is 0.334 e. The summed E-state index contributed by atoms with van der Waals surface area (Å²) >= 11 is 5.91. The number of nitrogens with one attached hydrogen (secondary N) is 2. The number of rotatable bonds is 4. The van der Waals surface area contributed by atoms with Gasteiger partial charge in [-0.05, 0) is 29.8 Å². The fraction of sp³-hybridized carbons (Fsp3) is 0.125. The number of imidazole rings is 1. The molecule has 0 aliphatic carbocycles. The Hall–Kier alpha value is -2.53. The molecule has 0 aliphatic rings. The topological polar surface area (TPSA) is 58.4 Å². The van der Waals surface area contributed by atoms with Crippen molar-refractivity contribution in [2.75, 3.05) is 0 Å². The predicted octanol–water partition coefficient (Wildman–Crippen LogP) is 2.99. The highest BCUT2D eigenvalue weighted by atomic mass is 35.5. The Balaban J connectivity index is 1.54. The van der Waals surface area contributed by atoms with Gasteiger partial charge in [0, 0.05) is 17.8 Å². The van der Waals surface area contributed by atoms with Crippen molar-refractivity contribution < 1.29 is 4.79 Å². The molecule has 5 nitrogen and oxygen atoms in total. The van der Waals surface area contributed by atoms with E-state index < -0.39 is 0 Å². The molecular formula is C16H15ClN4O. The SMILES string of the molecule is O=C(NCc1cccc(Cl)c1)NCc1ncc2ccccn12. The van der Waals surface area contributed by atoms with E-state index in [-0.39, 0.29) is 6.03 Å². The summed E-state index contributed by atoms with van der Waals surface area (Å²) in [7, 11) is 0. The van der Waals surface area contributed by atoms with Crippen molar-refractivity contribution in [1.82, 2.24) is 20.0 Å². The number of hydrogen-bond donors (Lipinski definition) is 2. The minimum absolute atomic E-state index is 0.243. The van der Waals surface area contributed by atoms with E-state index in [9.17, 15) is 4.79 Å². The lowest BCUT2D eigenvalue weighted by molar-refractivity contribution is 0.240. The van der Waals surface area contributed by atoms with Crippen molar-refractivity contribution >= 4 is 23.1 Å². The third-order valence-corrected chi connectivity index (χ3v) is 3.50. The van der Waals surface area contributed by atoms with Crippen LogP contribution in [0, 0.1) is 0 Å². The molecule has 0 saturated carbocycles. The van der Waals surface area contributed by atoms with Crippen molar-refractivity contribution in [1.29, 1.82) is 0 Å². The number of benzene rings is 1. The van der Waals surface area contributed by atoms with E-state index in [1.165, 1.54) is 0 Å². The van der Waals surface area contributed by atoms with Gasteiger partial charge < -0.3 is 15.0 Å². The molecule has 0 saturated heterocycles. The first-order chi connectivity index (χ1) is 10.7. The molecular weight excluding hydrogens is 300 g/mol. The van der Waals surface area contributed by atoms with Gasteiger partial charge in [0.1, 0.15) is 5.82 Å². The molecule has 3 rings (SSSR count).